The molecule has 1 N–H and O–H groups in total. The number of rotatable bonds is 4. The second-order valence-corrected chi connectivity index (χ2v) is 7.88. The standard InChI is InChI=1S/C19H21N7O2S/c1-12-9-13(2)26(24-12)16-4-3-15(10-20-16)18(28)25-7-5-14(6-8-25)17(27)22-19-23-21-11-29-19/h3-4,9-11,14H,5-8H2,1-2H3,(H,22,23,27). The van der Waals surface area contributed by atoms with Crippen LogP contribution in [0, 0.1) is 19.8 Å². The molecule has 0 bridgehead atoms. The van der Waals surface area contributed by atoms with Crippen molar-refractivity contribution >= 4 is 28.3 Å². The van der Waals surface area contributed by atoms with E-state index in [1.807, 2.05) is 19.9 Å². The number of amides is 2. The maximum Gasteiger partial charge on any atom is 0.255 e. The number of nitrogens with zero attached hydrogens (tertiary/aromatic N) is 6. The van der Waals surface area contributed by atoms with Crippen LogP contribution >= 0.6 is 11.3 Å². The molecule has 4 rings (SSSR count). The van der Waals surface area contributed by atoms with Crippen LogP contribution in [-0.2, 0) is 4.79 Å². The molecule has 0 atom stereocenters. The van der Waals surface area contributed by atoms with E-state index in [1.165, 1.54) is 11.3 Å². The molecule has 0 aromatic carbocycles. The van der Waals surface area contributed by atoms with Crippen LogP contribution in [0.3, 0.4) is 0 Å². The molecule has 9 nitrogen and oxygen atoms in total. The smallest absolute Gasteiger partial charge is 0.255 e. The molecule has 150 valence electrons. The first kappa shape index (κ1) is 19.2. The molecular weight excluding hydrogens is 390 g/mol. The third-order valence-corrected chi connectivity index (χ3v) is 5.57. The van der Waals surface area contributed by atoms with Gasteiger partial charge in [0.1, 0.15) is 5.51 Å². The summed E-state index contributed by atoms with van der Waals surface area (Å²) in [7, 11) is 0. The fourth-order valence-corrected chi connectivity index (χ4v) is 3.91. The lowest BCUT2D eigenvalue weighted by molar-refractivity contribution is -0.121. The summed E-state index contributed by atoms with van der Waals surface area (Å²) in [4.78, 5) is 31.3. The van der Waals surface area contributed by atoms with Crippen molar-refractivity contribution in [3.8, 4) is 5.82 Å². The predicted molar refractivity (Wildman–Crippen MR) is 108 cm³/mol. The van der Waals surface area contributed by atoms with Crippen molar-refractivity contribution in [1.29, 1.82) is 0 Å². The molecule has 3 aromatic heterocycles. The first-order valence-corrected chi connectivity index (χ1v) is 10.3. The molecule has 4 heterocycles. The summed E-state index contributed by atoms with van der Waals surface area (Å²) in [6, 6.07) is 5.55. The van der Waals surface area contributed by atoms with Crippen molar-refractivity contribution in [3.63, 3.8) is 0 Å². The van der Waals surface area contributed by atoms with Gasteiger partial charge in [0, 0.05) is 30.9 Å². The van der Waals surface area contributed by atoms with Crippen molar-refractivity contribution in [2.45, 2.75) is 26.7 Å². The third kappa shape index (κ3) is 4.16. The summed E-state index contributed by atoms with van der Waals surface area (Å²) in [6.45, 7) is 4.96. The highest BCUT2D eigenvalue weighted by Crippen LogP contribution is 2.21. The quantitative estimate of drug-likeness (QED) is 0.706. The van der Waals surface area contributed by atoms with E-state index in [0.29, 0.717) is 42.4 Å². The van der Waals surface area contributed by atoms with Gasteiger partial charge >= 0.3 is 0 Å². The highest BCUT2D eigenvalue weighted by Gasteiger charge is 2.28. The summed E-state index contributed by atoms with van der Waals surface area (Å²) in [5.74, 6) is 0.416. The Morgan fingerprint density at radius 3 is 2.59 bits per heavy atom. The lowest BCUT2D eigenvalue weighted by Gasteiger charge is -2.31. The van der Waals surface area contributed by atoms with E-state index < -0.39 is 0 Å². The minimum absolute atomic E-state index is 0.0650. The summed E-state index contributed by atoms with van der Waals surface area (Å²) in [5, 5.41) is 15.2. The van der Waals surface area contributed by atoms with E-state index >= 15 is 0 Å². The average molecular weight is 411 g/mol. The van der Waals surface area contributed by atoms with Crippen molar-refractivity contribution < 1.29 is 9.59 Å². The van der Waals surface area contributed by atoms with E-state index in [-0.39, 0.29) is 17.7 Å². The zero-order chi connectivity index (χ0) is 20.4. The van der Waals surface area contributed by atoms with Gasteiger partial charge in [0.15, 0.2) is 5.82 Å². The molecule has 29 heavy (non-hydrogen) atoms. The zero-order valence-corrected chi connectivity index (χ0v) is 17.0. The molecule has 2 amide bonds. The third-order valence-electron chi connectivity index (χ3n) is 4.96. The number of piperidine rings is 1. The molecule has 10 heteroatoms. The number of hydrogen-bond donors (Lipinski definition) is 1. The summed E-state index contributed by atoms with van der Waals surface area (Å²) in [6.07, 6.45) is 2.82. The van der Waals surface area contributed by atoms with Crippen LogP contribution in [0.2, 0.25) is 0 Å². The van der Waals surface area contributed by atoms with Gasteiger partial charge in [-0.3, -0.25) is 9.59 Å². The number of aryl methyl sites for hydroxylation is 2. The van der Waals surface area contributed by atoms with Gasteiger partial charge in [0.05, 0.1) is 11.3 Å². The Balaban J connectivity index is 1.36. The van der Waals surface area contributed by atoms with Crippen LogP contribution < -0.4 is 5.32 Å². The Kier molecular flexibility index (Phi) is 5.34. The van der Waals surface area contributed by atoms with Gasteiger partial charge in [-0.2, -0.15) is 5.10 Å². The van der Waals surface area contributed by atoms with Gasteiger partial charge < -0.3 is 10.2 Å². The number of likely N-dealkylation sites (tertiary alicyclic amines) is 1. The fraction of sp³-hybridized carbons (Fsp3) is 0.368. The first-order valence-electron chi connectivity index (χ1n) is 9.37. The largest absolute Gasteiger partial charge is 0.339 e. The maximum absolute atomic E-state index is 12.8. The average Bonchev–Trinajstić information content (AvgIpc) is 3.36. The normalized spacial score (nSPS) is 14.8. The van der Waals surface area contributed by atoms with Crippen LogP contribution in [0.4, 0.5) is 5.13 Å². The molecule has 1 fully saturated rings. The second kappa shape index (κ2) is 8.08. The monoisotopic (exact) mass is 411 g/mol. The van der Waals surface area contributed by atoms with Crippen LogP contribution in [0.5, 0.6) is 0 Å². The molecule has 0 spiro atoms. The molecule has 0 aliphatic carbocycles. The Morgan fingerprint density at radius 2 is 2.00 bits per heavy atom. The maximum atomic E-state index is 12.8. The van der Waals surface area contributed by atoms with E-state index in [0.717, 1.165) is 11.4 Å². The van der Waals surface area contributed by atoms with Gasteiger partial charge in [-0.05, 0) is 44.9 Å². The molecular formula is C19H21N7O2S. The Hall–Kier alpha value is -3.14. The molecule has 0 saturated carbocycles. The minimum atomic E-state index is -0.130. The van der Waals surface area contributed by atoms with E-state index in [1.54, 1.807) is 33.4 Å². The van der Waals surface area contributed by atoms with Gasteiger partial charge in [-0.25, -0.2) is 9.67 Å². The van der Waals surface area contributed by atoms with E-state index in [2.05, 4.69) is 25.6 Å². The van der Waals surface area contributed by atoms with E-state index in [4.69, 9.17) is 0 Å². The number of aromatic nitrogens is 5. The van der Waals surface area contributed by atoms with Gasteiger partial charge in [0.25, 0.3) is 5.91 Å². The number of nitrogens with one attached hydrogen (secondary N) is 1. The summed E-state index contributed by atoms with van der Waals surface area (Å²) >= 11 is 1.29. The van der Waals surface area contributed by atoms with Crippen LogP contribution in [-0.4, -0.2) is 54.8 Å². The molecule has 0 radical (unpaired) electrons. The molecule has 3 aromatic rings. The van der Waals surface area contributed by atoms with Gasteiger partial charge in [-0.15, -0.1) is 10.2 Å². The number of anilines is 1. The Morgan fingerprint density at radius 1 is 1.21 bits per heavy atom. The minimum Gasteiger partial charge on any atom is -0.339 e. The lowest BCUT2D eigenvalue weighted by Crippen LogP contribution is -2.41. The molecule has 1 aliphatic rings. The number of hydrogen-bond acceptors (Lipinski definition) is 7. The van der Waals surface area contributed by atoms with Crippen molar-refractivity contribution in [2.75, 3.05) is 18.4 Å². The number of pyridine rings is 1. The van der Waals surface area contributed by atoms with Gasteiger partial charge in [-0.1, -0.05) is 11.3 Å². The number of carbonyl (C=O) groups excluding carboxylic acids is 2. The highest BCUT2D eigenvalue weighted by molar-refractivity contribution is 7.13. The first-order chi connectivity index (χ1) is 14.0. The fourth-order valence-electron chi connectivity index (χ4n) is 3.46. The Bertz CT molecular complexity index is 1010. The topological polar surface area (TPSA) is 106 Å². The second-order valence-electron chi connectivity index (χ2n) is 7.04. The lowest BCUT2D eigenvalue weighted by atomic mass is 9.95. The number of carbonyl (C=O) groups is 2. The Labute approximate surface area is 171 Å². The molecule has 0 unspecified atom stereocenters. The van der Waals surface area contributed by atoms with Crippen LogP contribution in [0.25, 0.3) is 5.82 Å². The SMILES string of the molecule is Cc1cc(C)n(-c2ccc(C(=O)N3CCC(C(=O)Nc4nncs4)CC3)cn2)n1. The van der Waals surface area contributed by atoms with Crippen LogP contribution in [0.15, 0.2) is 29.9 Å². The van der Waals surface area contributed by atoms with Crippen molar-refractivity contribution in [3.05, 3.63) is 46.9 Å². The van der Waals surface area contributed by atoms with E-state index in [9.17, 15) is 9.59 Å². The summed E-state index contributed by atoms with van der Waals surface area (Å²) < 4.78 is 1.76. The van der Waals surface area contributed by atoms with Crippen LogP contribution in [0.1, 0.15) is 34.6 Å². The molecule has 1 aliphatic heterocycles. The van der Waals surface area contributed by atoms with Gasteiger partial charge in [0.2, 0.25) is 11.0 Å². The zero-order valence-electron chi connectivity index (χ0n) is 16.2. The molecule has 1 saturated heterocycles. The highest BCUT2D eigenvalue weighted by atomic mass is 32.1. The summed E-state index contributed by atoms with van der Waals surface area (Å²) in [5.41, 5.74) is 4.02. The predicted octanol–water partition coefficient (Wildman–Crippen LogP) is 2.23. The van der Waals surface area contributed by atoms with Crippen molar-refractivity contribution in [2.24, 2.45) is 5.92 Å². The van der Waals surface area contributed by atoms with Crippen molar-refractivity contribution in [1.82, 2.24) is 29.9 Å².